The first-order valence-electron chi connectivity index (χ1n) is 8.99. The van der Waals surface area contributed by atoms with Crippen molar-refractivity contribution >= 4 is 39.5 Å². The first-order chi connectivity index (χ1) is 14.8. The number of carbonyl (C=O) groups excluding carboxylic acids is 2. The number of fused-ring (bicyclic) bond motifs is 1. The van der Waals surface area contributed by atoms with Crippen molar-refractivity contribution < 1.29 is 18.4 Å². The zero-order valence-corrected chi connectivity index (χ0v) is 16.8. The number of carbonyl (C=O) groups is 2. The lowest BCUT2D eigenvalue weighted by molar-refractivity contribution is 0.0989. The minimum absolute atomic E-state index is 0.0564. The smallest absolute Gasteiger partial charge is 0.274 e. The zero-order valence-electron chi connectivity index (χ0n) is 16.0. The van der Waals surface area contributed by atoms with Gasteiger partial charge in [0, 0.05) is 23.1 Å². The minimum Gasteiger partial charge on any atom is -0.321 e. The van der Waals surface area contributed by atoms with Gasteiger partial charge in [0.25, 0.3) is 17.4 Å². The Kier molecular flexibility index (Phi) is 5.30. The molecule has 0 saturated heterocycles. The fourth-order valence-corrected chi connectivity index (χ4v) is 3.96. The maximum atomic E-state index is 13.2. The molecule has 10 heteroatoms. The van der Waals surface area contributed by atoms with Crippen LogP contribution in [0.15, 0.2) is 59.4 Å². The van der Waals surface area contributed by atoms with Gasteiger partial charge in [-0.15, -0.1) is 0 Å². The van der Waals surface area contributed by atoms with Crippen LogP contribution >= 0.6 is 11.3 Å². The molecule has 0 bridgehead atoms. The molecule has 31 heavy (non-hydrogen) atoms. The third-order valence-corrected chi connectivity index (χ3v) is 5.31. The third kappa shape index (κ3) is 4.19. The molecular formula is C21H14F2N4O3S. The Morgan fingerprint density at radius 3 is 1.97 bits per heavy atom. The van der Waals surface area contributed by atoms with Gasteiger partial charge in [0.1, 0.15) is 22.2 Å². The second-order valence-corrected chi connectivity index (χ2v) is 7.53. The Bertz CT molecular complexity index is 1360. The number of halogens is 2. The first kappa shape index (κ1) is 20.4. The molecule has 0 aliphatic rings. The summed E-state index contributed by atoms with van der Waals surface area (Å²) in [5, 5.41) is 5.14. The second kappa shape index (κ2) is 8.07. The highest BCUT2D eigenvalue weighted by Gasteiger charge is 2.26. The van der Waals surface area contributed by atoms with E-state index in [0.29, 0.717) is 11.4 Å². The maximum Gasteiger partial charge on any atom is 0.274 e. The highest BCUT2D eigenvalue weighted by Crippen LogP contribution is 2.24. The molecule has 7 nitrogen and oxygen atoms in total. The van der Waals surface area contributed by atoms with Crippen molar-refractivity contribution in [2.45, 2.75) is 6.92 Å². The predicted molar refractivity (Wildman–Crippen MR) is 113 cm³/mol. The highest BCUT2D eigenvalue weighted by atomic mass is 32.1. The molecule has 2 amide bonds. The molecule has 0 aliphatic heterocycles. The van der Waals surface area contributed by atoms with Crippen LogP contribution in [0.3, 0.4) is 0 Å². The van der Waals surface area contributed by atoms with E-state index < -0.39 is 29.0 Å². The average Bonchev–Trinajstić information content (AvgIpc) is 3.11. The van der Waals surface area contributed by atoms with E-state index >= 15 is 0 Å². The monoisotopic (exact) mass is 440 g/mol. The van der Waals surface area contributed by atoms with Crippen LogP contribution in [0.2, 0.25) is 0 Å². The fraction of sp³-hybridized carbons (Fsp3) is 0.0476. The lowest BCUT2D eigenvalue weighted by atomic mass is 10.2. The summed E-state index contributed by atoms with van der Waals surface area (Å²) < 4.78 is 27.3. The lowest BCUT2D eigenvalue weighted by Crippen LogP contribution is -2.25. The van der Waals surface area contributed by atoms with Crippen LogP contribution in [0, 0.1) is 18.6 Å². The van der Waals surface area contributed by atoms with Crippen molar-refractivity contribution in [2.75, 3.05) is 10.6 Å². The van der Waals surface area contributed by atoms with Crippen LogP contribution in [-0.4, -0.2) is 21.2 Å². The Balaban J connectivity index is 1.78. The summed E-state index contributed by atoms with van der Waals surface area (Å²) >= 11 is 0.869. The van der Waals surface area contributed by atoms with E-state index in [1.54, 1.807) is 6.92 Å². The Labute approximate surface area is 178 Å². The number of nitrogens with zero attached hydrogens (tertiary/aromatic N) is 2. The van der Waals surface area contributed by atoms with Gasteiger partial charge < -0.3 is 10.6 Å². The molecule has 0 radical (unpaired) electrons. The quantitative estimate of drug-likeness (QED) is 0.504. The number of rotatable bonds is 4. The van der Waals surface area contributed by atoms with Crippen LogP contribution in [0.4, 0.5) is 20.2 Å². The maximum absolute atomic E-state index is 13.2. The third-order valence-electron chi connectivity index (χ3n) is 4.27. The van der Waals surface area contributed by atoms with Crippen LogP contribution in [-0.2, 0) is 0 Å². The van der Waals surface area contributed by atoms with Gasteiger partial charge in [-0.05, 0) is 55.5 Å². The number of hydrogen-bond acceptors (Lipinski definition) is 5. The molecule has 2 N–H and O–H groups in total. The second-order valence-electron chi connectivity index (χ2n) is 6.56. The molecule has 4 rings (SSSR count). The molecule has 2 aromatic carbocycles. The largest absolute Gasteiger partial charge is 0.321 e. The van der Waals surface area contributed by atoms with Crippen LogP contribution < -0.4 is 16.2 Å². The Hall–Kier alpha value is -3.92. The number of benzene rings is 2. The molecule has 0 unspecified atom stereocenters. The van der Waals surface area contributed by atoms with Crippen molar-refractivity contribution in [3.8, 4) is 0 Å². The summed E-state index contributed by atoms with van der Waals surface area (Å²) in [4.78, 5) is 42.9. The molecule has 0 spiro atoms. The SMILES string of the molecule is Cc1cc(=O)n2c(C(=O)Nc3ccc(F)cc3)c(C(=O)Nc3ccc(F)cc3)sc2n1. The summed E-state index contributed by atoms with van der Waals surface area (Å²) in [5.41, 5.74) is 0.293. The number of hydrogen-bond donors (Lipinski definition) is 2. The van der Waals surface area contributed by atoms with E-state index in [0.717, 1.165) is 15.7 Å². The van der Waals surface area contributed by atoms with Gasteiger partial charge in [-0.3, -0.25) is 14.4 Å². The van der Waals surface area contributed by atoms with Crippen molar-refractivity contribution in [3.63, 3.8) is 0 Å². The van der Waals surface area contributed by atoms with Gasteiger partial charge in [-0.25, -0.2) is 18.2 Å². The van der Waals surface area contributed by atoms with E-state index in [4.69, 9.17) is 0 Å². The standard InChI is InChI=1S/C21H14F2N4O3S/c1-11-10-16(28)27-17(19(29)25-14-6-2-12(22)3-7-14)18(31-21(27)24-11)20(30)26-15-8-4-13(23)5-9-15/h2-10H,1H3,(H,25,29)(H,26,30). The molecular weight excluding hydrogens is 426 g/mol. The van der Waals surface area contributed by atoms with Crippen molar-refractivity contribution in [1.82, 2.24) is 9.38 Å². The number of aromatic nitrogens is 2. The minimum atomic E-state index is -0.741. The summed E-state index contributed by atoms with van der Waals surface area (Å²) in [7, 11) is 0. The van der Waals surface area contributed by atoms with Gasteiger partial charge in [0.05, 0.1) is 0 Å². The van der Waals surface area contributed by atoms with E-state index in [1.807, 2.05) is 0 Å². The number of nitrogens with one attached hydrogen (secondary N) is 2. The van der Waals surface area contributed by atoms with Gasteiger partial charge in [0.2, 0.25) is 0 Å². The van der Waals surface area contributed by atoms with Crippen LogP contribution in [0.5, 0.6) is 0 Å². The number of aryl methyl sites for hydroxylation is 1. The highest BCUT2D eigenvalue weighted by molar-refractivity contribution is 7.19. The summed E-state index contributed by atoms with van der Waals surface area (Å²) in [6.07, 6.45) is 0. The molecule has 0 atom stereocenters. The Morgan fingerprint density at radius 2 is 1.42 bits per heavy atom. The predicted octanol–water partition coefficient (Wildman–Crippen LogP) is 3.85. The summed E-state index contributed by atoms with van der Waals surface area (Å²) in [6, 6.07) is 11.4. The number of anilines is 2. The average molecular weight is 440 g/mol. The van der Waals surface area contributed by atoms with E-state index in [9.17, 15) is 23.2 Å². The summed E-state index contributed by atoms with van der Waals surface area (Å²) in [6.45, 7) is 1.62. The lowest BCUT2D eigenvalue weighted by Gasteiger charge is -2.08. The molecule has 0 aliphatic carbocycles. The molecule has 0 fully saturated rings. The van der Waals surface area contributed by atoms with Crippen LogP contribution in [0.1, 0.15) is 25.9 Å². The van der Waals surface area contributed by atoms with E-state index in [-0.39, 0.29) is 21.2 Å². The van der Waals surface area contributed by atoms with Crippen molar-refractivity contribution in [1.29, 1.82) is 0 Å². The van der Waals surface area contributed by atoms with Gasteiger partial charge in [-0.1, -0.05) is 11.3 Å². The number of thiazole rings is 1. The van der Waals surface area contributed by atoms with Gasteiger partial charge >= 0.3 is 0 Å². The fourth-order valence-electron chi connectivity index (χ4n) is 2.89. The molecule has 2 heterocycles. The summed E-state index contributed by atoms with van der Waals surface area (Å²) in [5.74, 6) is -2.35. The first-order valence-corrected chi connectivity index (χ1v) is 9.80. The Morgan fingerprint density at radius 1 is 0.903 bits per heavy atom. The van der Waals surface area contributed by atoms with Crippen molar-refractivity contribution in [2.24, 2.45) is 0 Å². The normalized spacial score (nSPS) is 10.8. The van der Waals surface area contributed by atoms with Crippen molar-refractivity contribution in [3.05, 3.63) is 92.9 Å². The molecule has 0 saturated carbocycles. The van der Waals surface area contributed by atoms with E-state index in [2.05, 4.69) is 15.6 Å². The molecule has 156 valence electrons. The molecule has 2 aromatic heterocycles. The molecule has 4 aromatic rings. The van der Waals surface area contributed by atoms with Gasteiger partial charge in [-0.2, -0.15) is 0 Å². The zero-order chi connectivity index (χ0) is 22.1. The van der Waals surface area contributed by atoms with E-state index in [1.165, 1.54) is 54.6 Å². The topological polar surface area (TPSA) is 92.6 Å². The van der Waals surface area contributed by atoms with Crippen LogP contribution in [0.25, 0.3) is 4.96 Å². The number of amides is 2. The van der Waals surface area contributed by atoms with Gasteiger partial charge in [0.15, 0.2) is 4.96 Å².